The van der Waals surface area contributed by atoms with Gasteiger partial charge in [0, 0.05) is 5.25 Å². The molecule has 0 unspecified atom stereocenters. The van der Waals surface area contributed by atoms with Crippen molar-refractivity contribution >= 4 is 11.9 Å². The minimum Gasteiger partial charge on any atom is -0.262 e. The second-order valence-electron chi connectivity index (χ2n) is 2.50. The summed E-state index contributed by atoms with van der Waals surface area (Å²) >= 11 is 1.68. The first-order valence-corrected chi connectivity index (χ1v) is 4.42. The summed E-state index contributed by atoms with van der Waals surface area (Å²) in [5.41, 5.74) is 0. The molecule has 0 heterocycles. The van der Waals surface area contributed by atoms with E-state index in [0.717, 1.165) is 5.25 Å². The molecule has 0 atom stereocenters. The number of hydrogen-bond donors (Lipinski definition) is 2. The highest BCUT2D eigenvalue weighted by atomic mass is 32.2. The minimum atomic E-state index is 0.781. The van der Waals surface area contributed by atoms with Crippen LogP contribution in [0.4, 0.5) is 0 Å². The van der Waals surface area contributed by atoms with Gasteiger partial charge in [0.05, 0.1) is 0 Å². The monoisotopic (exact) mass is 146 g/mol. The Kier molecular flexibility index (Phi) is 3.40. The van der Waals surface area contributed by atoms with Crippen LogP contribution in [0.1, 0.15) is 32.1 Å². The normalized spacial score (nSPS) is 22.3. The molecule has 3 N–H and O–H groups in total. The molecule has 0 aromatic heterocycles. The Morgan fingerprint density at radius 1 is 1.22 bits per heavy atom. The van der Waals surface area contributed by atoms with Crippen LogP contribution in [-0.4, -0.2) is 5.25 Å². The highest BCUT2D eigenvalue weighted by molar-refractivity contribution is 7.97. The van der Waals surface area contributed by atoms with Crippen LogP contribution in [0.2, 0.25) is 0 Å². The number of hydrazine groups is 1. The van der Waals surface area contributed by atoms with Crippen molar-refractivity contribution in [1.29, 1.82) is 0 Å². The highest BCUT2D eigenvalue weighted by Crippen LogP contribution is 2.25. The van der Waals surface area contributed by atoms with Gasteiger partial charge in [0.25, 0.3) is 0 Å². The van der Waals surface area contributed by atoms with Gasteiger partial charge in [-0.2, -0.15) is 0 Å². The molecule has 1 rings (SSSR count). The van der Waals surface area contributed by atoms with Gasteiger partial charge in [0.1, 0.15) is 0 Å². The molecule has 0 aromatic rings. The maximum Gasteiger partial charge on any atom is 0.0205 e. The molecule has 0 spiro atoms. The van der Waals surface area contributed by atoms with Crippen molar-refractivity contribution in [2.75, 3.05) is 0 Å². The summed E-state index contributed by atoms with van der Waals surface area (Å²) in [7, 11) is 0. The zero-order valence-corrected chi connectivity index (χ0v) is 6.41. The van der Waals surface area contributed by atoms with Crippen molar-refractivity contribution in [2.24, 2.45) is 5.84 Å². The third kappa shape index (κ3) is 2.56. The molecule has 1 aliphatic rings. The van der Waals surface area contributed by atoms with E-state index in [9.17, 15) is 0 Å². The largest absolute Gasteiger partial charge is 0.262 e. The topological polar surface area (TPSA) is 38.0 Å². The lowest BCUT2D eigenvalue weighted by Crippen LogP contribution is -2.19. The minimum absolute atomic E-state index is 0.781. The standard InChI is InChI=1S/C6H14N2S/c7-8-9-6-4-2-1-3-5-6/h6,8H,1-5,7H2. The molecule has 54 valence electrons. The maximum absolute atomic E-state index is 5.17. The Bertz CT molecular complexity index is 68.7. The average molecular weight is 146 g/mol. The summed E-state index contributed by atoms with van der Waals surface area (Å²) in [5.74, 6) is 5.17. The third-order valence-corrected chi connectivity index (χ3v) is 2.73. The van der Waals surface area contributed by atoms with Gasteiger partial charge in [0.15, 0.2) is 0 Å². The van der Waals surface area contributed by atoms with Crippen LogP contribution >= 0.6 is 11.9 Å². The van der Waals surface area contributed by atoms with Crippen LogP contribution in [0, 0.1) is 0 Å². The van der Waals surface area contributed by atoms with Crippen molar-refractivity contribution in [1.82, 2.24) is 4.83 Å². The van der Waals surface area contributed by atoms with Gasteiger partial charge in [-0.1, -0.05) is 31.2 Å². The van der Waals surface area contributed by atoms with E-state index >= 15 is 0 Å². The molecule has 3 heteroatoms. The third-order valence-electron chi connectivity index (χ3n) is 1.79. The van der Waals surface area contributed by atoms with Gasteiger partial charge in [-0.05, 0) is 12.8 Å². The van der Waals surface area contributed by atoms with Gasteiger partial charge >= 0.3 is 0 Å². The Morgan fingerprint density at radius 2 is 1.89 bits per heavy atom. The van der Waals surface area contributed by atoms with Gasteiger partial charge in [-0.3, -0.25) is 5.84 Å². The van der Waals surface area contributed by atoms with E-state index in [2.05, 4.69) is 4.83 Å². The Hall–Kier alpha value is 0.270. The fourth-order valence-electron chi connectivity index (χ4n) is 1.28. The lowest BCUT2D eigenvalue weighted by molar-refractivity contribution is 0.515. The summed E-state index contributed by atoms with van der Waals surface area (Å²) in [6, 6.07) is 0. The molecule has 0 amide bonds. The van der Waals surface area contributed by atoms with E-state index in [1.54, 1.807) is 11.9 Å². The van der Waals surface area contributed by atoms with Crippen molar-refractivity contribution in [3.8, 4) is 0 Å². The predicted molar refractivity (Wildman–Crippen MR) is 41.8 cm³/mol. The van der Waals surface area contributed by atoms with E-state index in [1.807, 2.05) is 0 Å². The summed E-state index contributed by atoms with van der Waals surface area (Å²) in [5, 5.41) is 0.781. The molecule has 1 saturated carbocycles. The maximum atomic E-state index is 5.17. The number of nitrogens with one attached hydrogen (secondary N) is 1. The molecule has 1 fully saturated rings. The first-order valence-electron chi connectivity index (χ1n) is 3.54. The summed E-state index contributed by atoms with van der Waals surface area (Å²) < 4.78 is 0. The molecular formula is C6H14N2S. The fraction of sp³-hybridized carbons (Fsp3) is 1.00. The van der Waals surface area contributed by atoms with Gasteiger partial charge < -0.3 is 0 Å². The quantitative estimate of drug-likeness (QED) is 0.351. The highest BCUT2D eigenvalue weighted by Gasteiger charge is 2.12. The summed E-state index contributed by atoms with van der Waals surface area (Å²) in [6.07, 6.45) is 6.88. The van der Waals surface area contributed by atoms with E-state index in [4.69, 9.17) is 5.84 Å². The molecule has 0 radical (unpaired) electrons. The molecule has 0 aromatic carbocycles. The summed E-state index contributed by atoms with van der Waals surface area (Å²) in [6.45, 7) is 0. The van der Waals surface area contributed by atoms with Gasteiger partial charge in [0.2, 0.25) is 0 Å². The van der Waals surface area contributed by atoms with E-state index in [-0.39, 0.29) is 0 Å². The van der Waals surface area contributed by atoms with E-state index in [0.29, 0.717) is 0 Å². The van der Waals surface area contributed by atoms with Crippen LogP contribution in [0.5, 0.6) is 0 Å². The number of nitrogens with two attached hydrogens (primary N) is 1. The van der Waals surface area contributed by atoms with Crippen LogP contribution < -0.4 is 10.7 Å². The second kappa shape index (κ2) is 4.14. The van der Waals surface area contributed by atoms with Gasteiger partial charge in [-0.15, -0.1) is 0 Å². The molecule has 0 aliphatic heterocycles. The van der Waals surface area contributed by atoms with E-state index < -0.39 is 0 Å². The van der Waals surface area contributed by atoms with Crippen molar-refractivity contribution in [3.63, 3.8) is 0 Å². The van der Waals surface area contributed by atoms with Crippen LogP contribution in [0.15, 0.2) is 0 Å². The summed E-state index contributed by atoms with van der Waals surface area (Å²) in [4.78, 5) is 2.65. The molecule has 9 heavy (non-hydrogen) atoms. The first kappa shape index (κ1) is 7.38. The van der Waals surface area contributed by atoms with Crippen LogP contribution in [0.3, 0.4) is 0 Å². The Morgan fingerprint density at radius 3 is 2.44 bits per heavy atom. The SMILES string of the molecule is NNSC1CCCCC1. The molecule has 0 bridgehead atoms. The molecule has 1 aliphatic carbocycles. The fourth-order valence-corrected chi connectivity index (χ4v) is 2.04. The predicted octanol–water partition coefficient (Wildman–Crippen LogP) is 1.43. The second-order valence-corrected chi connectivity index (χ2v) is 3.63. The number of rotatable bonds is 2. The Labute approximate surface area is 60.7 Å². The average Bonchev–Trinajstić information content (AvgIpc) is 1.91. The van der Waals surface area contributed by atoms with Crippen LogP contribution in [-0.2, 0) is 0 Å². The molecule has 2 nitrogen and oxygen atoms in total. The van der Waals surface area contributed by atoms with Crippen molar-refractivity contribution in [3.05, 3.63) is 0 Å². The lowest BCUT2D eigenvalue weighted by atomic mass is 10.0. The van der Waals surface area contributed by atoms with Crippen molar-refractivity contribution in [2.45, 2.75) is 37.4 Å². The van der Waals surface area contributed by atoms with Gasteiger partial charge in [-0.25, -0.2) is 4.83 Å². The lowest BCUT2D eigenvalue weighted by Gasteiger charge is -2.19. The Balaban J connectivity index is 2.08. The first-order chi connectivity index (χ1) is 4.43. The number of hydrogen-bond acceptors (Lipinski definition) is 3. The van der Waals surface area contributed by atoms with Crippen molar-refractivity contribution < 1.29 is 0 Å². The molecule has 0 saturated heterocycles. The van der Waals surface area contributed by atoms with Crippen LogP contribution in [0.25, 0.3) is 0 Å². The molecular weight excluding hydrogens is 132 g/mol. The zero-order valence-electron chi connectivity index (χ0n) is 5.60. The zero-order chi connectivity index (χ0) is 6.53. The van der Waals surface area contributed by atoms with E-state index in [1.165, 1.54) is 32.1 Å². The smallest absolute Gasteiger partial charge is 0.0205 e.